The molecule has 3 fully saturated rings. The van der Waals surface area contributed by atoms with Gasteiger partial charge in [-0.05, 0) is 6.92 Å². The summed E-state index contributed by atoms with van der Waals surface area (Å²) in [6.45, 7) is 3.53. The van der Waals surface area contributed by atoms with E-state index in [4.69, 9.17) is 4.74 Å². The SMILES string of the molecule is Cc1cnc(Nc2cnn(C)c2)nc1N1CC(CC#N)(N2CC3(C2)CC(F)(F)CO3)C1. The topological polar surface area (TPSA) is 95.1 Å². The van der Waals surface area contributed by atoms with E-state index in [1.165, 1.54) is 0 Å². The summed E-state index contributed by atoms with van der Waals surface area (Å²) in [4.78, 5) is 13.2. The first-order valence-corrected chi connectivity index (χ1v) is 10.2. The van der Waals surface area contributed by atoms with Gasteiger partial charge in [-0.25, -0.2) is 13.8 Å². The van der Waals surface area contributed by atoms with Crippen LogP contribution in [0.4, 0.5) is 26.2 Å². The van der Waals surface area contributed by atoms with Crippen LogP contribution in [0, 0.1) is 18.3 Å². The van der Waals surface area contributed by atoms with E-state index in [0.717, 1.165) is 17.1 Å². The number of alkyl halides is 2. The van der Waals surface area contributed by atoms with E-state index in [1.807, 2.05) is 20.2 Å². The predicted octanol–water partition coefficient (Wildman–Crippen LogP) is 1.84. The monoisotopic (exact) mass is 430 g/mol. The molecule has 1 N–H and O–H groups in total. The van der Waals surface area contributed by atoms with Crippen molar-refractivity contribution in [3.63, 3.8) is 0 Å². The molecule has 11 heteroatoms. The zero-order chi connectivity index (χ0) is 21.9. The minimum Gasteiger partial charge on any atom is -0.366 e. The maximum Gasteiger partial charge on any atom is 0.273 e. The molecule has 3 aliphatic heterocycles. The number of aromatic nitrogens is 4. The van der Waals surface area contributed by atoms with Gasteiger partial charge in [0.15, 0.2) is 0 Å². The molecule has 0 atom stereocenters. The fourth-order valence-corrected chi connectivity index (χ4v) is 4.83. The van der Waals surface area contributed by atoms with Crippen molar-refractivity contribution in [2.75, 3.05) is 43.0 Å². The van der Waals surface area contributed by atoms with Crippen molar-refractivity contribution >= 4 is 17.5 Å². The normalized spacial score (nSPS) is 23.3. The predicted molar refractivity (Wildman–Crippen MR) is 108 cm³/mol. The standard InChI is InChI=1S/C20H24F2N8O/c1-14-5-24-17(26-15-6-25-28(2)7-15)27-16(14)29-9-18(10-29,3-4-23)30-11-19(12-30)8-20(21,22)13-31-19/h5-7H,3,8-13H2,1-2H3,(H,24,26,27). The highest BCUT2D eigenvalue weighted by atomic mass is 19.3. The Morgan fingerprint density at radius 2 is 2.03 bits per heavy atom. The van der Waals surface area contributed by atoms with E-state index in [9.17, 15) is 14.0 Å². The average Bonchev–Trinajstić information content (AvgIpc) is 3.21. The van der Waals surface area contributed by atoms with Gasteiger partial charge in [0, 0.05) is 57.6 Å². The Balaban J connectivity index is 1.28. The van der Waals surface area contributed by atoms with Crippen LogP contribution in [0.5, 0.6) is 0 Å². The number of nitriles is 1. The minimum atomic E-state index is -2.75. The molecule has 5 rings (SSSR count). The molecule has 5 heterocycles. The van der Waals surface area contributed by atoms with Crippen molar-refractivity contribution in [1.82, 2.24) is 24.6 Å². The van der Waals surface area contributed by atoms with Gasteiger partial charge in [-0.15, -0.1) is 0 Å². The van der Waals surface area contributed by atoms with Crippen molar-refractivity contribution in [3.05, 3.63) is 24.2 Å². The fourth-order valence-electron chi connectivity index (χ4n) is 4.83. The number of hydrogen-bond donors (Lipinski definition) is 1. The van der Waals surface area contributed by atoms with E-state index in [-0.39, 0.29) is 12.0 Å². The molecule has 1 spiro atoms. The van der Waals surface area contributed by atoms with Crippen LogP contribution in [0.3, 0.4) is 0 Å². The Morgan fingerprint density at radius 3 is 2.65 bits per heavy atom. The highest BCUT2D eigenvalue weighted by Crippen LogP contribution is 2.47. The van der Waals surface area contributed by atoms with Gasteiger partial charge in [0.05, 0.1) is 35.5 Å². The van der Waals surface area contributed by atoms with Crippen LogP contribution < -0.4 is 10.2 Å². The number of likely N-dealkylation sites (tertiary alicyclic amines) is 1. The third kappa shape index (κ3) is 3.49. The summed E-state index contributed by atoms with van der Waals surface area (Å²) in [5, 5.41) is 16.7. The Kier molecular flexibility index (Phi) is 4.43. The Labute approximate surface area is 178 Å². The van der Waals surface area contributed by atoms with Gasteiger partial charge in [0.25, 0.3) is 5.92 Å². The lowest BCUT2D eigenvalue weighted by molar-refractivity contribution is -0.156. The second-order valence-corrected chi connectivity index (χ2v) is 9.00. The van der Waals surface area contributed by atoms with Crippen LogP contribution in [0.1, 0.15) is 18.4 Å². The highest BCUT2D eigenvalue weighted by Gasteiger charge is 2.62. The van der Waals surface area contributed by atoms with Crippen LogP contribution in [0.2, 0.25) is 0 Å². The molecule has 0 radical (unpaired) electrons. The lowest BCUT2D eigenvalue weighted by atomic mass is 9.77. The van der Waals surface area contributed by atoms with Crippen LogP contribution in [-0.4, -0.2) is 74.5 Å². The summed E-state index contributed by atoms with van der Waals surface area (Å²) < 4.78 is 34.4. The van der Waals surface area contributed by atoms with Crippen molar-refractivity contribution in [3.8, 4) is 6.07 Å². The Hall–Kier alpha value is -2.84. The first-order valence-electron chi connectivity index (χ1n) is 10.2. The highest BCUT2D eigenvalue weighted by molar-refractivity contribution is 5.57. The molecular formula is C20H24F2N8O. The molecule has 0 aliphatic carbocycles. The van der Waals surface area contributed by atoms with Gasteiger partial charge in [-0.3, -0.25) is 9.58 Å². The Morgan fingerprint density at radius 1 is 1.26 bits per heavy atom. The van der Waals surface area contributed by atoms with Crippen LogP contribution in [0.25, 0.3) is 0 Å². The summed E-state index contributed by atoms with van der Waals surface area (Å²) in [6, 6.07) is 2.28. The average molecular weight is 430 g/mol. The minimum absolute atomic E-state index is 0.239. The molecule has 2 aromatic heterocycles. The zero-order valence-electron chi connectivity index (χ0n) is 17.5. The summed E-state index contributed by atoms with van der Waals surface area (Å²) in [5.41, 5.74) is 0.591. The lowest BCUT2D eigenvalue weighted by Crippen LogP contribution is -2.78. The van der Waals surface area contributed by atoms with Gasteiger partial charge in [0.1, 0.15) is 12.4 Å². The molecule has 9 nitrogen and oxygen atoms in total. The van der Waals surface area contributed by atoms with Crippen LogP contribution in [-0.2, 0) is 11.8 Å². The number of ether oxygens (including phenoxy) is 1. The molecule has 31 heavy (non-hydrogen) atoms. The summed E-state index contributed by atoms with van der Waals surface area (Å²) >= 11 is 0. The number of aryl methyl sites for hydroxylation is 2. The van der Waals surface area contributed by atoms with E-state index in [0.29, 0.717) is 38.5 Å². The molecule has 0 amide bonds. The fraction of sp³-hybridized carbons (Fsp3) is 0.600. The first kappa shape index (κ1) is 20.1. The quantitative estimate of drug-likeness (QED) is 0.768. The third-order valence-corrected chi connectivity index (χ3v) is 6.38. The zero-order valence-corrected chi connectivity index (χ0v) is 17.5. The number of nitrogens with one attached hydrogen (secondary N) is 1. The third-order valence-electron chi connectivity index (χ3n) is 6.38. The van der Waals surface area contributed by atoms with Crippen molar-refractivity contribution < 1.29 is 13.5 Å². The molecule has 0 bridgehead atoms. The van der Waals surface area contributed by atoms with E-state index >= 15 is 0 Å². The number of anilines is 3. The largest absolute Gasteiger partial charge is 0.366 e. The summed E-state index contributed by atoms with van der Waals surface area (Å²) in [6.07, 6.45) is 5.38. The Bertz CT molecular complexity index is 1040. The van der Waals surface area contributed by atoms with E-state index in [1.54, 1.807) is 17.1 Å². The molecule has 164 valence electrons. The van der Waals surface area contributed by atoms with E-state index in [2.05, 4.69) is 36.3 Å². The molecule has 0 unspecified atom stereocenters. The maximum absolute atomic E-state index is 13.6. The second kappa shape index (κ2) is 6.83. The van der Waals surface area contributed by atoms with Gasteiger partial charge < -0.3 is 15.0 Å². The maximum atomic E-state index is 13.6. The molecule has 3 aliphatic rings. The second-order valence-electron chi connectivity index (χ2n) is 9.00. The van der Waals surface area contributed by atoms with Gasteiger partial charge >= 0.3 is 0 Å². The number of nitrogens with zero attached hydrogens (tertiary/aromatic N) is 7. The van der Waals surface area contributed by atoms with Crippen molar-refractivity contribution in [1.29, 1.82) is 5.26 Å². The number of hydrogen-bond acceptors (Lipinski definition) is 8. The molecular weight excluding hydrogens is 406 g/mol. The number of rotatable bonds is 5. The molecule has 0 saturated carbocycles. The summed E-state index contributed by atoms with van der Waals surface area (Å²) in [7, 11) is 1.83. The van der Waals surface area contributed by atoms with Crippen LogP contribution in [0.15, 0.2) is 18.6 Å². The molecule has 2 aromatic rings. The first-order chi connectivity index (χ1) is 14.7. The van der Waals surface area contributed by atoms with Crippen LogP contribution >= 0.6 is 0 Å². The van der Waals surface area contributed by atoms with E-state index < -0.39 is 18.1 Å². The smallest absolute Gasteiger partial charge is 0.273 e. The number of halogens is 2. The lowest BCUT2D eigenvalue weighted by Gasteiger charge is -2.62. The molecule has 3 saturated heterocycles. The van der Waals surface area contributed by atoms with Gasteiger partial charge in [0.2, 0.25) is 5.95 Å². The van der Waals surface area contributed by atoms with Gasteiger partial charge in [-0.2, -0.15) is 15.3 Å². The summed E-state index contributed by atoms with van der Waals surface area (Å²) in [5.74, 6) is -1.49. The van der Waals surface area contributed by atoms with Crippen molar-refractivity contribution in [2.24, 2.45) is 7.05 Å². The molecule has 0 aromatic carbocycles. The van der Waals surface area contributed by atoms with Crippen molar-refractivity contribution in [2.45, 2.75) is 36.8 Å². The van der Waals surface area contributed by atoms with Gasteiger partial charge in [-0.1, -0.05) is 0 Å².